The average Bonchev–Trinajstić information content (AvgIpc) is 2.30. The lowest BCUT2D eigenvalue weighted by Crippen LogP contribution is -2.33. The van der Waals surface area contributed by atoms with Gasteiger partial charge in [0.05, 0.1) is 4.92 Å². The Hall–Kier alpha value is -1.41. The molecule has 0 atom stereocenters. The van der Waals surface area contributed by atoms with Crippen molar-refractivity contribution in [2.45, 2.75) is 5.81 Å². The average molecular weight is 169 g/mol. The summed E-state index contributed by atoms with van der Waals surface area (Å²) < 4.78 is 0.463. The van der Waals surface area contributed by atoms with Crippen LogP contribution in [0.5, 0.6) is 0 Å². The first-order valence-electron chi connectivity index (χ1n) is 2.84. The number of rotatable bonds is 2. The second kappa shape index (κ2) is 2.57. The summed E-state index contributed by atoms with van der Waals surface area (Å²) in [6.07, 6.45) is 1.66. The van der Waals surface area contributed by atoms with Crippen LogP contribution in [-0.2, 0) is 5.81 Å². The minimum absolute atomic E-state index is 0.368. The molecule has 0 aromatic carbocycles. The van der Waals surface area contributed by atoms with Crippen molar-refractivity contribution in [2.75, 3.05) is 0 Å². The first kappa shape index (κ1) is 8.69. The third kappa shape index (κ3) is 1.60. The van der Waals surface area contributed by atoms with Crippen LogP contribution >= 0.6 is 0 Å². The van der Waals surface area contributed by atoms with Crippen LogP contribution in [0.4, 0.5) is 5.69 Å². The molecule has 8 heteroatoms. The molecule has 1 aromatic rings. The van der Waals surface area contributed by atoms with Gasteiger partial charge >= 0.3 is 5.69 Å². The molecule has 2 radical (unpaired) electrons. The highest BCUT2D eigenvalue weighted by Gasteiger charge is 2.21. The number of hydrogen-bond acceptors (Lipinski definition) is 5. The largest absolute Gasteiger partial charge is 0.356 e. The Labute approximate surface area is 67.8 Å². The Morgan fingerprint density at radius 3 is 2.58 bits per heavy atom. The minimum Gasteiger partial charge on any atom is -0.356 e. The van der Waals surface area contributed by atoms with E-state index < -0.39 is 10.7 Å². The maximum absolute atomic E-state index is 10.1. The lowest BCUT2D eigenvalue weighted by atomic mass is 10.1. The van der Waals surface area contributed by atoms with Crippen LogP contribution in [-0.4, -0.2) is 32.8 Å². The Balaban J connectivity index is 3.00. The molecular weight excluding hydrogens is 165 g/mol. The summed E-state index contributed by atoms with van der Waals surface area (Å²) in [4.78, 5) is 9.36. The van der Waals surface area contributed by atoms with Gasteiger partial charge in [0.2, 0.25) is 5.81 Å². The van der Waals surface area contributed by atoms with Crippen molar-refractivity contribution in [3.8, 4) is 0 Å². The van der Waals surface area contributed by atoms with Gasteiger partial charge in [0.15, 0.2) is 7.85 Å². The highest BCUT2D eigenvalue weighted by Crippen LogP contribution is 2.11. The molecule has 0 aliphatic carbocycles. The summed E-state index contributed by atoms with van der Waals surface area (Å²) in [6, 6.07) is 0. The molecule has 0 amide bonds. The Bertz CT molecular complexity index is 303. The fourth-order valence-electron chi connectivity index (χ4n) is 0.588. The molecule has 2 N–H and O–H groups in total. The monoisotopic (exact) mass is 169 g/mol. The molecule has 0 aliphatic heterocycles. The standard InChI is InChI=1S/C4H4BN3O4/c5-4(9,10)7-2-3(1-6-7)8(11)12/h1-2,9-10H. The quantitative estimate of drug-likeness (QED) is 0.243. The fourth-order valence-corrected chi connectivity index (χ4v) is 0.588. The van der Waals surface area contributed by atoms with E-state index in [9.17, 15) is 10.1 Å². The third-order valence-electron chi connectivity index (χ3n) is 1.12. The number of aromatic nitrogens is 2. The van der Waals surface area contributed by atoms with Crippen molar-refractivity contribution in [1.82, 2.24) is 9.78 Å². The van der Waals surface area contributed by atoms with E-state index in [0.29, 0.717) is 4.68 Å². The van der Waals surface area contributed by atoms with E-state index in [1.807, 2.05) is 0 Å². The van der Waals surface area contributed by atoms with Crippen LogP contribution in [0.2, 0.25) is 0 Å². The van der Waals surface area contributed by atoms with Gasteiger partial charge in [-0.3, -0.25) is 10.1 Å². The highest BCUT2D eigenvalue weighted by atomic mass is 16.6. The van der Waals surface area contributed by atoms with Crippen LogP contribution in [0, 0.1) is 10.1 Å². The van der Waals surface area contributed by atoms with Crippen molar-refractivity contribution < 1.29 is 15.1 Å². The van der Waals surface area contributed by atoms with Crippen LogP contribution in [0.15, 0.2) is 12.4 Å². The van der Waals surface area contributed by atoms with E-state index in [1.54, 1.807) is 0 Å². The molecule has 62 valence electrons. The Morgan fingerprint density at radius 1 is 1.75 bits per heavy atom. The van der Waals surface area contributed by atoms with Crippen molar-refractivity contribution in [3.63, 3.8) is 0 Å². The van der Waals surface area contributed by atoms with E-state index in [2.05, 4.69) is 5.10 Å². The van der Waals surface area contributed by atoms with Gasteiger partial charge < -0.3 is 10.2 Å². The number of nitro groups is 1. The van der Waals surface area contributed by atoms with E-state index >= 15 is 0 Å². The van der Waals surface area contributed by atoms with Crippen molar-refractivity contribution in [2.24, 2.45) is 0 Å². The van der Waals surface area contributed by atoms with Crippen molar-refractivity contribution >= 4 is 13.5 Å². The molecule has 1 rings (SSSR count). The van der Waals surface area contributed by atoms with Crippen LogP contribution in [0.3, 0.4) is 0 Å². The summed E-state index contributed by atoms with van der Waals surface area (Å²) in [7, 11) is 4.76. The van der Waals surface area contributed by atoms with Gasteiger partial charge in [-0.25, -0.2) is 4.68 Å². The number of hydrogen-bond donors (Lipinski definition) is 2. The maximum Gasteiger partial charge on any atom is 0.307 e. The van der Waals surface area contributed by atoms with E-state index in [0.717, 1.165) is 12.4 Å². The first-order valence-corrected chi connectivity index (χ1v) is 2.84. The Morgan fingerprint density at radius 2 is 2.33 bits per heavy atom. The normalized spacial score (nSPS) is 11.5. The maximum atomic E-state index is 10.1. The van der Waals surface area contributed by atoms with Gasteiger partial charge in [-0.2, -0.15) is 5.10 Å². The molecular formula is C4H4BN3O4. The smallest absolute Gasteiger partial charge is 0.307 e. The molecule has 0 spiro atoms. The summed E-state index contributed by atoms with van der Waals surface area (Å²) >= 11 is 0. The zero-order valence-corrected chi connectivity index (χ0v) is 5.78. The van der Waals surface area contributed by atoms with Gasteiger partial charge in [0, 0.05) is 0 Å². The first-order chi connectivity index (χ1) is 5.41. The number of aliphatic hydroxyl groups is 2. The molecule has 0 saturated carbocycles. The molecule has 0 bridgehead atoms. The third-order valence-corrected chi connectivity index (χ3v) is 1.12. The summed E-state index contributed by atoms with van der Waals surface area (Å²) in [6.45, 7) is 0. The second-order valence-electron chi connectivity index (χ2n) is 2.09. The van der Waals surface area contributed by atoms with Gasteiger partial charge in [0.25, 0.3) is 0 Å². The van der Waals surface area contributed by atoms with Crippen LogP contribution in [0.25, 0.3) is 0 Å². The lowest BCUT2D eigenvalue weighted by Gasteiger charge is -2.15. The molecule has 0 fully saturated rings. The lowest BCUT2D eigenvalue weighted by molar-refractivity contribution is -0.385. The molecule has 0 aliphatic rings. The molecule has 0 saturated heterocycles. The number of nitrogens with zero attached hydrogens (tertiary/aromatic N) is 3. The zero-order valence-electron chi connectivity index (χ0n) is 5.78. The van der Waals surface area contributed by atoms with Crippen molar-refractivity contribution in [3.05, 3.63) is 22.5 Å². The zero-order chi connectivity index (χ0) is 9.35. The van der Waals surface area contributed by atoms with Gasteiger partial charge in [-0.15, -0.1) is 0 Å². The summed E-state index contributed by atoms with van der Waals surface area (Å²) in [5.41, 5.74) is -0.368. The topological polar surface area (TPSA) is 101 Å². The van der Waals surface area contributed by atoms with E-state index in [4.69, 9.17) is 18.1 Å². The minimum atomic E-state index is -2.70. The van der Waals surface area contributed by atoms with Gasteiger partial charge in [-0.1, -0.05) is 0 Å². The molecule has 0 unspecified atom stereocenters. The van der Waals surface area contributed by atoms with Gasteiger partial charge in [0.1, 0.15) is 12.4 Å². The Kier molecular flexibility index (Phi) is 1.86. The molecule has 7 nitrogen and oxygen atoms in total. The SMILES string of the molecule is [B]C(O)(O)n1cc([N+](=O)[O-])cn1. The molecule has 12 heavy (non-hydrogen) atoms. The molecule has 1 heterocycles. The van der Waals surface area contributed by atoms with Gasteiger partial charge in [-0.05, 0) is 0 Å². The highest BCUT2D eigenvalue weighted by molar-refractivity contribution is 6.10. The second-order valence-corrected chi connectivity index (χ2v) is 2.09. The van der Waals surface area contributed by atoms with Crippen LogP contribution in [0.1, 0.15) is 0 Å². The van der Waals surface area contributed by atoms with E-state index in [1.165, 1.54) is 0 Å². The van der Waals surface area contributed by atoms with Crippen molar-refractivity contribution in [1.29, 1.82) is 0 Å². The summed E-state index contributed by atoms with van der Waals surface area (Å²) in [5, 5.41) is 30.7. The van der Waals surface area contributed by atoms with Crippen LogP contribution < -0.4 is 0 Å². The molecule has 1 aromatic heterocycles. The van der Waals surface area contributed by atoms with E-state index in [-0.39, 0.29) is 5.69 Å². The summed E-state index contributed by atoms with van der Waals surface area (Å²) in [5.74, 6) is -2.70. The predicted molar refractivity (Wildman–Crippen MR) is 37.0 cm³/mol. The fraction of sp³-hybridized carbons (Fsp3) is 0.250. The predicted octanol–water partition coefficient (Wildman–Crippen LogP) is -1.49.